The molecule has 0 saturated heterocycles. The predicted octanol–water partition coefficient (Wildman–Crippen LogP) is 3.11. The van der Waals surface area contributed by atoms with Crippen LogP contribution in [0.25, 0.3) is 11.3 Å². The summed E-state index contributed by atoms with van der Waals surface area (Å²) in [5, 5.41) is 0.675. The summed E-state index contributed by atoms with van der Waals surface area (Å²) in [6.45, 7) is 0.166. The summed E-state index contributed by atoms with van der Waals surface area (Å²) >= 11 is 5.94. The Labute approximate surface area is 151 Å². The Balaban J connectivity index is 1.86. The van der Waals surface area contributed by atoms with Crippen molar-refractivity contribution in [3.8, 4) is 17.0 Å². The molecular weight excluding hydrogens is 338 g/mol. The molecule has 2 N–H and O–H groups in total. The fourth-order valence-corrected chi connectivity index (χ4v) is 2.78. The highest BCUT2D eigenvalue weighted by molar-refractivity contribution is 6.30. The van der Waals surface area contributed by atoms with E-state index in [0.717, 1.165) is 11.3 Å². The van der Waals surface area contributed by atoms with Crippen molar-refractivity contribution < 1.29 is 14.1 Å². The average molecular weight is 357 g/mol. The summed E-state index contributed by atoms with van der Waals surface area (Å²) in [6.07, 6.45) is 1.87. The number of carbonyl (C=O) groups is 1. The zero-order valence-corrected chi connectivity index (χ0v) is 14.8. The monoisotopic (exact) mass is 356 g/mol. The predicted molar refractivity (Wildman–Crippen MR) is 97.8 cm³/mol. The van der Waals surface area contributed by atoms with Gasteiger partial charge in [0.15, 0.2) is 5.78 Å². The van der Waals surface area contributed by atoms with Crippen LogP contribution in [0.4, 0.5) is 5.95 Å². The zero-order chi connectivity index (χ0) is 18.0. The molecule has 0 amide bonds. The average Bonchev–Trinajstić information content (AvgIpc) is 2.91. The summed E-state index contributed by atoms with van der Waals surface area (Å²) in [4.78, 5) is 12.5. The smallest absolute Gasteiger partial charge is 0.355 e. The molecule has 3 rings (SSSR count). The Bertz CT molecular complexity index is 900. The van der Waals surface area contributed by atoms with Gasteiger partial charge in [0.05, 0.1) is 14.2 Å². The molecule has 0 aliphatic rings. The molecule has 0 atom stereocenters. The number of Topliss-reactive ketones (excluding diaryl/α,β-unsaturated/α-hetero) is 1. The molecule has 3 aromatic rings. The highest BCUT2D eigenvalue weighted by atomic mass is 35.5. The maximum Gasteiger partial charge on any atom is 0.355 e. The quantitative estimate of drug-likeness (QED) is 0.564. The lowest BCUT2D eigenvalue weighted by Gasteiger charge is -2.02. The van der Waals surface area contributed by atoms with Crippen LogP contribution >= 0.6 is 11.6 Å². The molecule has 0 unspecified atom stereocenters. The molecule has 0 fully saturated rings. The van der Waals surface area contributed by atoms with E-state index in [4.69, 9.17) is 22.1 Å². The number of carbonyl (C=O) groups excluding carboxylic acids is 1. The van der Waals surface area contributed by atoms with E-state index in [-0.39, 0.29) is 12.3 Å². The molecule has 2 aromatic carbocycles. The molecule has 25 heavy (non-hydrogen) atoms. The summed E-state index contributed by atoms with van der Waals surface area (Å²) in [6, 6.07) is 14.5. The van der Waals surface area contributed by atoms with Crippen LogP contribution in [0.5, 0.6) is 5.75 Å². The van der Waals surface area contributed by atoms with Gasteiger partial charge in [-0.25, -0.2) is 9.13 Å². The van der Waals surface area contributed by atoms with E-state index in [1.807, 2.05) is 42.1 Å². The number of nitrogens with zero attached hydrogens (tertiary/aromatic N) is 2. The van der Waals surface area contributed by atoms with Crippen molar-refractivity contribution in [2.45, 2.75) is 6.54 Å². The Morgan fingerprint density at radius 2 is 1.80 bits per heavy atom. The molecule has 6 heteroatoms. The van der Waals surface area contributed by atoms with E-state index in [1.165, 1.54) is 0 Å². The van der Waals surface area contributed by atoms with E-state index < -0.39 is 0 Å². The SMILES string of the molecule is COc1ccc(C(=O)C[n+]2cc(-c3ccc(Cl)cc3)n(C)c2N)cc1. The first-order valence-corrected chi connectivity index (χ1v) is 8.15. The third-order valence-electron chi connectivity index (χ3n) is 4.14. The van der Waals surface area contributed by atoms with Gasteiger partial charge in [-0.3, -0.25) is 10.5 Å². The Hall–Kier alpha value is -2.79. The van der Waals surface area contributed by atoms with Gasteiger partial charge < -0.3 is 4.74 Å². The van der Waals surface area contributed by atoms with E-state index in [1.54, 1.807) is 35.9 Å². The summed E-state index contributed by atoms with van der Waals surface area (Å²) < 4.78 is 8.71. The van der Waals surface area contributed by atoms with Crippen LogP contribution in [0, 0.1) is 0 Å². The van der Waals surface area contributed by atoms with Crippen LogP contribution < -0.4 is 15.0 Å². The Morgan fingerprint density at radius 3 is 2.40 bits per heavy atom. The minimum absolute atomic E-state index is 0.0207. The number of anilines is 1. The molecule has 1 heterocycles. The van der Waals surface area contributed by atoms with Gasteiger partial charge in [-0.15, -0.1) is 0 Å². The van der Waals surface area contributed by atoms with Crippen molar-refractivity contribution in [2.24, 2.45) is 7.05 Å². The van der Waals surface area contributed by atoms with Gasteiger partial charge in [-0.05, 0) is 48.5 Å². The first-order chi connectivity index (χ1) is 12.0. The van der Waals surface area contributed by atoms with Crippen LogP contribution in [0.1, 0.15) is 10.4 Å². The molecule has 0 aliphatic heterocycles. The molecule has 0 aliphatic carbocycles. The van der Waals surface area contributed by atoms with E-state index in [9.17, 15) is 4.79 Å². The highest BCUT2D eigenvalue weighted by Crippen LogP contribution is 2.22. The lowest BCUT2D eigenvalue weighted by molar-refractivity contribution is -0.667. The van der Waals surface area contributed by atoms with Crippen molar-refractivity contribution in [3.05, 3.63) is 65.3 Å². The minimum Gasteiger partial charge on any atom is -0.497 e. The van der Waals surface area contributed by atoms with E-state index >= 15 is 0 Å². The maximum atomic E-state index is 12.5. The van der Waals surface area contributed by atoms with Crippen molar-refractivity contribution in [1.82, 2.24) is 4.57 Å². The second-order valence-electron chi connectivity index (χ2n) is 5.72. The molecule has 0 bridgehead atoms. The number of benzene rings is 2. The van der Waals surface area contributed by atoms with Crippen LogP contribution in [0.3, 0.4) is 0 Å². The maximum absolute atomic E-state index is 12.5. The van der Waals surface area contributed by atoms with Gasteiger partial charge in [0.1, 0.15) is 24.2 Å². The number of hydrogen-bond acceptors (Lipinski definition) is 3. The molecular formula is C19H19ClN3O2+. The minimum atomic E-state index is -0.0207. The van der Waals surface area contributed by atoms with E-state index in [0.29, 0.717) is 22.3 Å². The van der Waals surface area contributed by atoms with Gasteiger partial charge in [-0.1, -0.05) is 11.6 Å². The second kappa shape index (κ2) is 6.99. The fraction of sp³-hybridized carbons (Fsp3) is 0.158. The molecule has 0 radical (unpaired) electrons. The van der Waals surface area contributed by atoms with Crippen molar-refractivity contribution in [3.63, 3.8) is 0 Å². The van der Waals surface area contributed by atoms with Gasteiger partial charge in [0, 0.05) is 16.1 Å². The summed E-state index contributed by atoms with van der Waals surface area (Å²) in [5.41, 5.74) is 8.68. The molecule has 1 aromatic heterocycles. The van der Waals surface area contributed by atoms with Crippen molar-refractivity contribution >= 4 is 23.3 Å². The second-order valence-corrected chi connectivity index (χ2v) is 6.15. The Morgan fingerprint density at radius 1 is 1.16 bits per heavy atom. The van der Waals surface area contributed by atoms with Crippen molar-refractivity contribution in [1.29, 1.82) is 0 Å². The number of rotatable bonds is 5. The zero-order valence-electron chi connectivity index (χ0n) is 14.1. The number of hydrogen-bond donors (Lipinski definition) is 1. The molecule has 0 spiro atoms. The van der Waals surface area contributed by atoms with Crippen molar-refractivity contribution in [2.75, 3.05) is 12.8 Å². The normalized spacial score (nSPS) is 10.7. The summed E-state index contributed by atoms with van der Waals surface area (Å²) in [7, 11) is 3.46. The van der Waals surface area contributed by atoms with Crippen LogP contribution in [-0.4, -0.2) is 17.5 Å². The Kier molecular flexibility index (Phi) is 4.76. The van der Waals surface area contributed by atoms with Gasteiger partial charge in [0.25, 0.3) is 0 Å². The number of halogens is 1. The van der Waals surface area contributed by atoms with Crippen LogP contribution in [-0.2, 0) is 13.6 Å². The third-order valence-corrected chi connectivity index (χ3v) is 4.40. The summed E-state index contributed by atoms with van der Waals surface area (Å²) in [5.74, 6) is 1.20. The van der Waals surface area contributed by atoms with Crippen LogP contribution in [0.2, 0.25) is 5.02 Å². The first kappa shape index (κ1) is 17.0. The number of methoxy groups -OCH3 is 1. The standard InChI is InChI=1S/C19H18ClN3O2/c1-22-17(13-3-7-15(20)8-4-13)11-23(19(22)21)12-18(24)14-5-9-16(25-2)10-6-14/h3-11,21H,12H2,1-2H3/p+1. The lowest BCUT2D eigenvalue weighted by Crippen LogP contribution is -2.39. The highest BCUT2D eigenvalue weighted by Gasteiger charge is 2.20. The van der Waals surface area contributed by atoms with Gasteiger partial charge >= 0.3 is 5.95 Å². The fourth-order valence-electron chi connectivity index (χ4n) is 2.65. The van der Waals surface area contributed by atoms with Gasteiger partial charge in [0.2, 0.25) is 0 Å². The number of nitrogens with two attached hydrogens (primary N) is 1. The third kappa shape index (κ3) is 3.51. The van der Waals surface area contributed by atoms with Crippen LogP contribution in [0.15, 0.2) is 54.7 Å². The number of ether oxygens (including phenoxy) is 1. The molecule has 5 nitrogen and oxygen atoms in total. The topological polar surface area (TPSA) is 61.1 Å². The molecule has 0 saturated carbocycles. The molecule has 128 valence electrons. The number of ketones is 1. The lowest BCUT2D eigenvalue weighted by atomic mass is 10.1. The number of imidazole rings is 1. The number of aromatic nitrogens is 2. The number of nitrogen functional groups attached to an aromatic ring is 1. The largest absolute Gasteiger partial charge is 0.497 e. The van der Waals surface area contributed by atoms with Gasteiger partial charge in [-0.2, -0.15) is 0 Å². The van der Waals surface area contributed by atoms with E-state index in [2.05, 4.69) is 0 Å². The first-order valence-electron chi connectivity index (χ1n) is 7.77.